The molecule has 1 aliphatic carbocycles. The molecule has 0 unspecified atom stereocenters. The lowest BCUT2D eigenvalue weighted by Gasteiger charge is -2.40. The van der Waals surface area contributed by atoms with Crippen LogP contribution in [0, 0.1) is 5.92 Å². The van der Waals surface area contributed by atoms with Crippen molar-refractivity contribution in [2.24, 2.45) is 5.92 Å². The first kappa shape index (κ1) is 9.60. The first-order valence-corrected chi connectivity index (χ1v) is 5.54. The van der Waals surface area contributed by atoms with Gasteiger partial charge in [0.1, 0.15) is 0 Å². The SMILES string of the molecule is O=C1N[C@H]2CCCC[C@H]2CC1(Cl)Cl. The molecule has 0 bridgehead atoms. The molecule has 13 heavy (non-hydrogen) atoms. The standard InChI is InChI=1S/C9H13Cl2NO/c10-9(11)5-6-3-1-2-4-7(6)12-8(9)13/h6-7H,1-5H2,(H,12,13)/t6-,7-/m0/s1. The molecular formula is C9H13Cl2NO. The van der Waals surface area contributed by atoms with E-state index in [-0.39, 0.29) is 5.91 Å². The molecule has 2 rings (SSSR count). The second-order valence-corrected chi connectivity index (χ2v) is 5.52. The molecule has 1 heterocycles. The van der Waals surface area contributed by atoms with Crippen LogP contribution in [-0.2, 0) is 4.79 Å². The van der Waals surface area contributed by atoms with Crippen molar-refractivity contribution in [2.75, 3.05) is 0 Å². The predicted molar refractivity (Wildman–Crippen MR) is 52.9 cm³/mol. The summed E-state index contributed by atoms with van der Waals surface area (Å²) >= 11 is 11.8. The molecule has 2 aliphatic rings. The average molecular weight is 222 g/mol. The van der Waals surface area contributed by atoms with Gasteiger partial charge in [-0.25, -0.2) is 0 Å². The minimum atomic E-state index is -1.18. The Balaban J connectivity index is 2.10. The third-order valence-corrected chi connectivity index (χ3v) is 3.73. The van der Waals surface area contributed by atoms with E-state index in [9.17, 15) is 4.79 Å². The van der Waals surface area contributed by atoms with Crippen molar-refractivity contribution in [2.45, 2.75) is 42.5 Å². The van der Waals surface area contributed by atoms with Gasteiger partial charge < -0.3 is 5.32 Å². The molecule has 0 aromatic carbocycles. The molecule has 1 amide bonds. The summed E-state index contributed by atoms with van der Waals surface area (Å²) in [6.45, 7) is 0. The number of fused-ring (bicyclic) bond motifs is 1. The predicted octanol–water partition coefficient (Wildman–Crippen LogP) is 2.24. The molecule has 1 saturated heterocycles. The van der Waals surface area contributed by atoms with Gasteiger partial charge in [-0.2, -0.15) is 0 Å². The van der Waals surface area contributed by atoms with Crippen LogP contribution in [0.1, 0.15) is 32.1 Å². The molecule has 0 spiro atoms. The van der Waals surface area contributed by atoms with Crippen molar-refractivity contribution in [1.29, 1.82) is 0 Å². The van der Waals surface area contributed by atoms with Crippen molar-refractivity contribution in [3.8, 4) is 0 Å². The van der Waals surface area contributed by atoms with Crippen LogP contribution in [0.4, 0.5) is 0 Å². The number of piperidine rings is 1. The zero-order chi connectivity index (χ0) is 9.47. The van der Waals surface area contributed by atoms with Crippen molar-refractivity contribution in [1.82, 2.24) is 5.32 Å². The Morgan fingerprint density at radius 2 is 2.00 bits per heavy atom. The van der Waals surface area contributed by atoms with Gasteiger partial charge in [-0.05, 0) is 25.2 Å². The number of hydrogen-bond acceptors (Lipinski definition) is 1. The summed E-state index contributed by atoms with van der Waals surface area (Å²) < 4.78 is -1.18. The molecule has 1 N–H and O–H groups in total. The second-order valence-electron chi connectivity index (χ2n) is 4.03. The lowest BCUT2D eigenvalue weighted by atomic mass is 9.79. The van der Waals surface area contributed by atoms with E-state index in [1.54, 1.807) is 0 Å². The lowest BCUT2D eigenvalue weighted by Crippen LogP contribution is -2.55. The maximum atomic E-state index is 11.4. The summed E-state index contributed by atoms with van der Waals surface area (Å²) in [5.74, 6) is 0.278. The molecule has 0 aromatic rings. The molecule has 1 saturated carbocycles. The minimum absolute atomic E-state index is 0.209. The Hall–Kier alpha value is 0.0500. The van der Waals surface area contributed by atoms with Crippen LogP contribution < -0.4 is 5.32 Å². The molecule has 74 valence electrons. The van der Waals surface area contributed by atoms with E-state index in [0.29, 0.717) is 18.4 Å². The van der Waals surface area contributed by atoms with Gasteiger partial charge in [-0.1, -0.05) is 36.0 Å². The molecular weight excluding hydrogens is 209 g/mol. The number of rotatable bonds is 0. The summed E-state index contributed by atoms with van der Waals surface area (Å²) in [6.07, 6.45) is 5.29. The van der Waals surface area contributed by atoms with Gasteiger partial charge in [-0.3, -0.25) is 4.79 Å². The molecule has 2 nitrogen and oxygen atoms in total. The van der Waals surface area contributed by atoms with E-state index in [2.05, 4.69) is 5.32 Å². The minimum Gasteiger partial charge on any atom is -0.350 e. The van der Waals surface area contributed by atoms with Crippen LogP contribution in [0.2, 0.25) is 0 Å². The first-order chi connectivity index (χ1) is 6.09. The van der Waals surface area contributed by atoms with Crippen LogP contribution in [0.5, 0.6) is 0 Å². The summed E-state index contributed by atoms with van der Waals surface area (Å²) in [6, 6.07) is 0.326. The fraction of sp³-hybridized carbons (Fsp3) is 0.889. The maximum Gasteiger partial charge on any atom is 0.256 e. The molecule has 1 aliphatic heterocycles. The highest BCUT2D eigenvalue weighted by Crippen LogP contribution is 2.40. The van der Waals surface area contributed by atoms with E-state index in [4.69, 9.17) is 23.2 Å². The maximum absolute atomic E-state index is 11.4. The fourth-order valence-electron chi connectivity index (χ4n) is 2.34. The fourth-order valence-corrected chi connectivity index (χ4v) is 2.84. The quantitative estimate of drug-likeness (QED) is 0.625. The van der Waals surface area contributed by atoms with Gasteiger partial charge in [0.05, 0.1) is 0 Å². The monoisotopic (exact) mass is 221 g/mol. The second kappa shape index (κ2) is 3.32. The van der Waals surface area contributed by atoms with E-state index in [1.165, 1.54) is 12.8 Å². The van der Waals surface area contributed by atoms with Gasteiger partial charge in [0.15, 0.2) is 4.33 Å². The van der Waals surface area contributed by atoms with Gasteiger partial charge in [0, 0.05) is 6.04 Å². The Labute approximate surface area is 88.0 Å². The third-order valence-electron chi connectivity index (χ3n) is 3.08. The van der Waals surface area contributed by atoms with E-state index < -0.39 is 4.33 Å². The van der Waals surface area contributed by atoms with Crippen molar-refractivity contribution in [3.63, 3.8) is 0 Å². The highest BCUT2D eigenvalue weighted by Gasteiger charge is 2.45. The number of carbonyl (C=O) groups is 1. The Bertz CT molecular complexity index is 230. The number of carbonyl (C=O) groups excluding carboxylic acids is 1. The lowest BCUT2D eigenvalue weighted by molar-refractivity contribution is -0.125. The van der Waals surface area contributed by atoms with Gasteiger partial charge in [0.2, 0.25) is 0 Å². The number of nitrogens with one attached hydrogen (secondary N) is 1. The van der Waals surface area contributed by atoms with E-state index in [0.717, 1.165) is 12.8 Å². The van der Waals surface area contributed by atoms with Crippen LogP contribution in [0.25, 0.3) is 0 Å². The third kappa shape index (κ3) is 1.79. The summed E-state index contributed by atoms with van der Waals surface area (Å²) in [5.41, 5.74) is 0. The summed E-state index contributed by atoms with van der Waals surface area (Å²) in [4.78, 5) is 11.4. The Morgan fingerprint density at radius 3 is 2.77 bits per heavy atom. The first-order valence-electron chi connectivity index (χ1n) is 4.78. The van der Waals surface area contributed by atoms with Crippen molar-refractivity contribution < 1.29 is 4.79 Å². The molecule has 4 heteroatoms. The highest BCUT2D eigenvalue weighted by molar-refractivity contribution is 6.58. The van der Waals surface area contributed by atoms with E-state index in [1.807, 2.05) is 0 Å². The largest absolute Gasteiger partial charge is 0.350 e. The van der Waals surface area contributed by atoms with Crippen LogP contribution in [0.3, 0.4) is 0 Å². The molecule has 0 radical (unpaired) electrons. The Kier molecular flexibility index (Phi) is 2.45. The van der Waals surface area contributed by atoms with Crippen LogP contribution in [-0.4, -0.2) is 16.3 Å². The zero-order valence-corrected chi connectivity index (χ0v) is 8.87. The number of halogens is 2. The van der Waals surface area contributed by atoms with Crippen molar-refractivity contribution >= 4 is 29.1 Å². The summed E-state index contributed by atoms with van der Waals surface area (Å²) in [5, 5.41) is 2.91. The normalized spacial score (nSPS) is 37.8. The van der Waals surface area contributed by atoms with Crippen LogP contribution >= 0.6 is 23.2 Å². The van der Waals surface area contributed by atoms with Gasteiger partial charge in [-0.15, -0.1) is 0 Å². The molecule has 2 atom stereocenters. The van der Waals surface area contributed by atoms with Gasteiger partial charge in [0.25, 0.3) is 5.91 Å². The Morgan fingerprint density at radius 1 is 1.31 bits per heavy atom. The number of alkyl halides is 2. The topological polar surface area (TPSA) is 29.1 Å². The van der Waals surface area contributed by atoms with Crippen molar-refractivity contribution in [3.05, 3.63) is 0 Å². The van der Waals surface area contributed by atoms with Gasteiger partial charge >= 0.3 is 0 Å². The number of hydrogen-bond donors (Lipinski definition) is 1. The van der Waals surface area contributed by atoms with E-state index >= 15 is 0 Å². The molecule has 2 fully saturated rings. The van der Waals surface area contributed by atoms with Crippen LogP contribution in [0.15, 0.2) is 0 Å². The highest BCUT2D eigenvalue weighted by atomic mass is 35.5. The summed E-state index contributed by atoms with van der Waals surface area (Å²) in [7, 11) is 0. The zero-order valence-electron chi connectivity index (χ0n) is 7.35. The number of amides is 1. The smallest absolute Gasteiger partial charge is 0.256 e. The average Bonchev–Trinajstić information content (AvgIpc) is 2.06. The molecule has 0 aromatic heterocycles.